The van der Waals surface area contributed by atoms with Crippen molar-refractivity contribution >= 4 is 22.9 Å². The molecule has 2 aliphatic rings. The third-order valence-corrected chi connectivity index (χ3v) is 5.14. The van der Waals surface area contributed by atoms with Crippen molar-refractivity contribution in [1.29, 1.82) is 0 Å². The molecule has 0 spiro atoms. The number of morpholine rings is 1. The molecule has 4 heterocycles. The van der Waals surface area contributed by atoms with E-state index < -0.39 is 6.68 Å². The average Bonchev–Trinajstić information content (AvgIpc) is 3.35. The zero-order valence-electron chi connectivity index (χ0n) is 17.3. The van der Waals surface area contributed by atoms with E-state index in [0.29, 0.717) is 24.4 Å². The minimum Gasteiger partial charge on any atom is -0.490 e. The van der Waals surface area contributed by atoms with Gasteiger partial charge in [-0.3, -0.25) is 4.79 Å². The molecule has 1 unspecified atom stereocenters. The number of nitrogens with zero attached hydrogens (tertiary/aromatic N) is 4. The standard InChI is InChI=1S/C20H21N5O3.CHF3/c1-13-9-14-10-16(17(11-18(14)28-13)24-5-7-27-8-6-24)23-20(26)15-12-22-25-4-2-3-21-19(15)25;2-1(3)4/h2-4,10-13H,5-9H2,1H3,(H,23,26);1H. The number of alkyl halides is 3. The summed E-state index contributed by atoms with van der Waals surface area (Å²) in [5, 5.41) is 7.28. The number of hydrogen-bond acceptors (Lipinski definition) is 6. The molecule has 0 bridgehead atoms. The SMILES string of the molecule is CC1Cc2cc(NC(=O)c3cnn4cccnc34)c(N3CCOCC3)cc2O1.FC(F)F. The lowest BCUT2D eigenvalue weighted by Crippen LogP contribution is -2.36. The lowest BCUT2D eigenvalue weighted by molar-refractivity contribution is 0.00818. The van der Waals surface area contributed by atoms with Crippen molar-refractivity contribution in [3.05, 3.63) is 47.9 Å². The van der Waals surface area contributed by atoms with Gasteiger partial charge in [0.1, 0.15) is 17.4 Å². The van der Waals surface area contributed by atoms with E-state index in [2.05, 4.69) is 27.2 Å². The lowest BCUT2D eigenvalue weighted by atomic mass is 10.1. The molecular formula is C21H22F3N5O3. The van der Waals surface area contributed by atoms with E-state index in [1.807, 2.05) is 12.1 Å². The molecule has 8 nitrogen and oxygen atoms in total. The maximum absolute atomic E-state index is 13.0. The Balaban J connectivity index is 0.000000567. The molecule has 1 fully saturated rings. The molecule has 0 aliphatic carbocycles. The van der Waals surface area contributed by atoms with Crippen LogP contribution in [-0.4, -0.2) is 59.6 Å². The Bertz CT molecular complexity index is 1100. The fourth-order valence-corrected chi connectivity index (χ4v) is 3.79. The van der Waals surface area contributed by atoms with Crippen molar-refractivity contribution in [3.63, 3.8) is 0 Å². The van der Waals surface area contributed by atoms with E-state index in [0.717, 1.165) is 42.2 Å². The van der Waals surface area contributed by atoms with E-state index in [4.69, 9.17) is 9.47 Å². The number of carbonyl (C=O) groups excluding carboxylic acids is 1. The van der Waals surface area contributed by atoms with E-state index in [-0.39, 0.29) is 12.0 Å². The third-order valence-electron chi connectivity index (χ3n) is 5.14. The van der Waals surface area contributed by atoms with Crippen molar-refractivity contribution in [1.82, 2.24) is 14.6 Å². The van der Waals surface area contributed by atoms with E-state index >= 15 is 0 Å². The molecule has 1 aromatic carbocycles. The molecule has 5 rings (SSSR count). The maximum atomic E-state index is 13.0. The molecule has 1 atom stereocenters. The second-order valence-electron chi connectivity index (χ2n) is 7.36. The van der Waals surface area contributed by atoms with Crippen LogP contribution in [0.15, 0.2) is 36.8 Å². The summed E-state index contributed by atoms with van der Waals surface area (Å²) in [6, 6.07) is 5.84. The van der Waals surface area contributed by atoms with Crippen LogP contribution in [0.25, 0.3) is 5.65 Å². The van der Waals surface area contributed by atoms with Gasteiger partial charge in [-0.2, -0.15) is 18.3 Å². The predicted molar refractivity (Wildman–Crippen MR) is 111 cm³/mol. The van der Waals surface area contributed by atoms with Gasteiger partial charge < -0.3 is 19.7 Å². The molecule has 1 saturated heterocycles. The second kappa shape index (κ2) is 9.43. The minimum atomic E-state index is -3.67. The van der Waals surface area contributed by atoms with Gasteiger partial charge in [0.25, 0.3) is 5.91 Å². The molecular weight excluding hydrogens is 427 g/mol. The van der Waals surface area contributed by atoms with Gasteiger partial charge in [0.2, 0.25) is 0 Å². The molecule has 1 amide bonds. The first kappa shape index (κ1) is 21.9. The first-order valence-electron chi connectivity index (χ1n) is 10.1. The zero-order chi connectivity index (χ0) is 22.7. The summed E-state index contributed by atoms with van der Waals surface area (Å²) in [6.07, 6.45) is 5.94. The predicted octanol–water partition coefficient (Wildman–Crippen LogP) is 3.32. The first-order valence-corrected chi connectivity index (χ1v) is 10.1. The molecule has 11 heteroatoms. The average molecular weight is 449 g/mol. The second-order valence-corrected chi connectivity index (χ2v) is 7.36. The molecule has 0 saturated carbocycles. The number of carbonyl (C=O) groups is 1. The highest BCUT2D eigenvalue weighted by molar-refractivity contribution is 6.09. The number of nitrogens with one attached hydrogen (secondary N) is 1. The lowest BCUT2D eigenvalue weighted by Gasteiger charge is -2.31. The van der Waals surface area contributed by atoms with Gasteiger partial charge in [0, 0.05) is 43.5 Å². The van der Waals surface area contributed by atoms with Crippen molar-refractivity contribution in [2.45, 2.75) is 26.1 Å². The summed E-state index contributed by atoms with van der Waals surface area (Å²) in [6.45, 7) is 1.27. The van der Waals surface area contributed by atoms with Crippen LogP contribution in [0.1, 0.15) is 22.8 Å². The van der Waals surface area contributed by atoms with Crippen LogP contribution in [0.4, 0.5) is 24.5 Å². The van der Waals surface area contributed by atoms with Crippen LogP contribution in [0.3, 0.4) is 0 Å². The van der Waals surface area contributed by atoms with Gasteiger partial charge in [0.15, 0.2) is 5.65 Å². The van der Waals surface area contributed by atoms with Crippen LogP contribution in [0, 0.1) is 0 Å². The monoisotopic (exact) mass is 449 g/mol. The fraction of sp³-hybridized carbons (Fsp3) is 0.381. The van der Waals surface area contributed by atoms with E-state index in [1.54, 1.807) is 29.2 Å². The smallest absolute Gasteiger partial charge is 0.379 e. The number of halogens is 3. The Morgan fingerprint density at radius 1 is 1.25 bits per heavy atom. The Hall–Kier alpha value is -3.34. The Kier molecular flexibility index (Phi) is 6.45. The van der Waals surface area contributed by atoms with Gasteiger partial charge >= 0.3 is 6.68 Å². The zero-order valence-corrected chi connectivity index (χ0v) is 17.3. The number of aromatic nitrogens is 3. The summed E-state index contributed by atoms with van der Waals surface area (Å²) in [4.78, 5) is 19.5. The number of benzene rings is 1. The highest BCUT2D eigenvalue weighted by Crippen LogP contribution is 2.39. The normalized spacial score (nSPS) is 17.5. The van der Waals surface area contributed by atoms with Crippen molar-refractivity contribution in [2.24, 2.45) is 0 Å². The molecule has 32 heavy (non-hydrogen) atoms. The number of hydrogen-bond donors (Lipinski definition) is 1. The van der Waals surface area contributed by atoms with Gasteiger partial charge in [-0.1, -0.05) is 0 Å². The molecule has 170 valence electrons. The summed E-state index contributed by atoms with van der Waals surface area (Å²) >= 11 is 0. The van der Waals surface area contributed by atoms with Crippen molar-refractivity contribution in [2.75, 3.05) is 36.5 Å². The molecule has 2 aliphatic heterocycles. The molecule has 2 aromatic heterocycles. The van der Waals surface area contributed by atoms with Crippen LogP contribution in [0.5, 0.6) is 5.75 Å². The number of fused-ring (bicyclic) bond motifs is 2. The highest BCUT2D eigenvalue weighted by atomic mass is 19.4. The molecule has 0 radical (unpaired) electrons. The van der Waals surface area contributed by atoms with Crippen molar-refractivity contribution in [3.8, 4) is 5.75 Å². The van der Waals surface area contributed by atoms with E-state index in [9.17, 15) is 18.0 Å². The summed E-state index contributed by atoms with van der Waals surface area (Å²) in [5.74, 6) is 0.666. The quantitative estimate of drug-likeness (QED) is 0.661. The number of rotatable bonds is 3. The number of amides is 1. The first-order chi connectivity index (χ1) is 15.4. The van der Waals surface area contributed by atoms with Gasteiger partial charge in [0.05, 0.1) is 30.8 Å². The summed E-state index contributed by atoms with van der Waals surface area (Å²) < 4.78 is 42.0. The van der Waals surface area contributed by atoms with Gasteiger partial charge in [-0.05, 0) is 19.1 Å². The molecule has 1 N–H and O–H groups in total. The summed E-state index contributed by atoms with van der Waals surface area (Å²) in [5.41, 5.74) is 3.81. The van der Waals surface area contributed by atoms with Crippen LogP contribution >= 0.6 is 0 Å². The van der Waals surface area contributed by atoms with Crippen LogP contribution in [-0.2, 0) is 11.2 Å². The largest absolute Gasteiger partial charge is 0.490 e. The van der Waals surface area contributed by atoms with Crippen LogP contribution < -0.4 is 15.0 Å². The topological polar surface area (TPSA) is 81.0 Å². The fourth-order valence-electron chi connectivity index (χ4n) is 3.79. The molecule has 3 aromatic rings. The van der Waals surface area contributed by atoms with Gasteiger partial charge in [-0.25, -0.2) is 9.50 Å². The van der Waals surface area contributed by atoms with Gasteiger partial charge in [-0.15, -0.1) is 0 Å². The van der Waals surface area contributed by atoms with Crippen molar-refractivity contribution < 1.29 is 27.4 Å². The highest BCUT2D eigenvalue weighted by Gasteiger charge is 2.25. The Labute approximate surface area is 181 Å². The Morgan fingerprint density at radius 2 is 2.00 bits per heavy atom. The Morgan fingerprint density at radius 3 is 2.75 bits per heavy atom. The van der Waals surface area contributed by atoms with Crippen LogP contribution in [0.2, 0.25) is 0 Å². The summed E-state index contributed by atoms with van der Waals surface area (Å²) in [7, 11) is 0. The minimum absolute atomic E-state index is 0.141. The number of ether oxygens (including phenoxy) is 2. The third kappa shape index (κ3) is 4.77. The van der Waals surface area contributed by atoms with E-state index in [1.165, 1.54) is 0 Å². The maximum Gasteiger partial charge on any atom is 0.379 e. The number of anilines is 2.